The van der Waals surface area contributed by atoms with Crippen LogP contribution in [0.1, 0.15) is 37.5 Å². The lowest BCUT2D eigenvalue weighted by molar-refractivity contribution is 0.454. The summed E-state index contributed by atoms with van der Waals surface area (Å²) in [4.78, 5) is 8.52. The Bertz CT molecular complexity index is 645. The lowest BCUT2D eigenvalue weighted by Gasteiger charge is -2.20. The van der Waals surface area contributed by atoms with Gasteiger partial charge < -0.3 is 10.1 Å². The van der Waals surface area contributed by atoms with E-state index in [1.54, 1.807) is 13.2 Å². The van der Waals surface area contributed by atoms with Crippen LogP contribution in [0.2, 0.25) is 0 Å². The van der Waals surface area contributed by atoms with Crippen molar-refractivity contribution < 1.29 is 4.74 Å². The summed E-state index contributed by atoms with van der Waals surface area (Å²) in [5, 5.41) is 2.92. The van der Waals surface area contributed by atoms with Gasteiger partial charge >= 0.3 is 0 Å². The molecule has 112 valence electrons. The summed E-state index contributed by atoms with van der Waals surface area (Å²) in [5.41, 5.74) is 3.44. The van der Waals surface area contributed by atoms with Crippen LogP contribution in [0, 0.1) is 13.8 Å². The second-order valence-corrected chi connectivity index (χ2v) is 6.26. The van der Waals surface area contributed by atoms with Crippen LogP contribution in [-0.2, 0) is 5.41 Å². The summed E-state index contributed by atoms with van der Waals surface area (Å²) in [5.74, 6) is 1.97. The normalized spacial score (nSPS) is 11.3. The molecule has 21 heavy (non-hydrogen) atoms. The number of nitrogens with one attached hydrogen (secondary N) is 1. The molecule has 1 aromatic heterocycles. The van der Waals surface area contributed by atoms with Gasteiger partial charge in [-0.25, -0.2) is 4.98 Å². The van der Waals surface area contributed by atoms with Gasteiger partial charge in [-0.2, -0.15) is 4.98 Å². The first-order valence-corrected chi connectivity index (χ1v) is 7.11. The zero-order valence-electron chi connectivity index (χ0n) is 13.6. The lowest BCUT2D eigenvalue weighted by atomic mass is 9.86. The standard InChI is InChI=1S/C17H23N3O/c1-11-9-13(17(3,4)5)7-8-14(11)21-15-12(2)10-19-16(18-6)20-15/h7-10H,1-6H3,(H,18,19,20). The highest BCUT2D eigenvalue weighted by atomic mass is 16.5. The summed E-state index contributed by atoms with van der Waals surface area (Å²) in [6, 6.07) is 6.29. The number of hydrogen-bond acceptors (Lipinski definition) is 4. The summed E-state index contributed by atoms with van der Waals surface area (Å²) < 4.78 is 5.96. The smallest absolute Gasteiger partial charge is 0.226 e. The molecule has 1 aromatic carbocycles. The number of aryl methyl sites for hydroxylation is 2. The quantitative estimate of drug-likeness (QED) is 0.917. The molecule has 0 saturated carbocycles. The second kappa shape index (κ2) is 5.72. The first kappa shape index (κ1) is 15.3. The number of rotatable bonds is 3. The monoisotopic (exact) mass is 285 g/mol. The van der Waals surface area contributed by atoms with Gasteiger partial charge in [0.05, 0.1) is 0 Å². The molecule has 2 rings (SSSR count). The van der Waals surface area contributed by atoms with Crippen LogP contribution < -0.4 is 10.1 Å². The van der Waals surface area contributed by atoms with Crippen molar-refractivity contribution in [2.75, 3.05) is 12.4 Å². The Morgan fingerprint density at radius 2 is 1.81 bits per heavy atom. The van der Waals surface area contributed by atoms with E-state index >= 15 is 0 Å². The maximum absolute atomic E-state index is 5.96. The maximum atomic E-state index is 5.96. The van der Waals surface area contributed by atoms with E-state index in [0.29, 0.717) is 11.8 Å². The molecular weight excluding hydrogens is 262 g/mol. The van der Waals surface area contributed by atoms with E-state index in [1.807, 2.05) is 13.0 Å². The van der Waals surface area contributed by atoms with E-state index < -0.39 is 0 Å². The highest BCUT2D eigenvalue weighted by molar-refractivity contribution is 5.42. The minimum Gasteiger partial charge on any atom is -0.438 e. The number of benzene rings is 1. The van der Waals surface area contributed by atoms with Gasteiger partial charge in [0.15, 0.2) is 0 Å². The van der Waals surface area contributed by atoms with Gasteiger partial charge in [-0.3, -0.25) is 0 Å². The molecule has 0 atom stereocenters. The first-order valence-electron chi connectivity index (χ1n) is 7.11. The predicted molar refractivity (Wildman–Crippen MR) is 86.3 cm³/mol. The Balaban J connectivity index is 2.32. The molecule has 0 fully saturated rings. The third kappa shape index (κ3) is 3.51. The molecule has 1 N–H and O–H groups in total. The van der Waals surface area contributed by atoms with Crippen molar-refractivity contribution in [2.24, 2.45) is 0 Å². The molecule has 4 heteroatoms. The number of aromatic nitrogens is 2. The third-order valence-corrected chi connectivity index (χ3v) is 3.40. The van der Waals surface area contributed by atoms with Gasteiger partial charge in [-0.15, -0.1) is 0 Å². The minimum atomic E-state index is 0.132. The van der Waals surface area contributed by atoms with Crippen LogP contribution in [0.3, 0.4) is 0 Å². The van der Waals surface area contributed by atoms with Crippen molar-refractivity contribution in [3.63, 3.8) is 0 Å². The summed E-state index contributed by atoms with van der Waals surface area (Å²) >= 11 is 0. The highest BCUT2D eigenvalue weighted by Crippen LogP contribution is 2.30. The number of hydrogen-bond donors (Lipinski definition) is 1. The number of anilines is 1. The lowest BCUT2D eigenvalue weighted by Crippen LogP contribution is -2.11. The van der Waals surface area contributed by atoms with Gasteiger partial charge in [-0.05, 0) is 36.5 Å². The molecule has 0 aliphatic carbocycles. The fraction of sp³-hybridized carbons (Fsp3) is 0.412. The number of ether oxygens (including phenoxy) is 1. The topological polar surface area (TPSA) is 47.0 Å². The SMILES string of the molecule is CNc1ncc(C)c(Oc2ccc(C(C)(C)C)cc2C)n1. The Labute approximate surface area is 126 Å². The first-order chi connectivity index (χ1) is 9.81. The molecule has 4 nitrogen and oxygen atoms in total. The molecule has 0 spiro atoms. The fourth-order valence-corrected chi connectivity index (χ4v) is 1.98. The van der Waals surface area contributed by atoms with E-state index in [0.717, 1.165) is 16.9 Å². The zero-order chi connectivity index (χ0) is 15.6. The van der Waals surface area contributed by atoms with Crippen molar-refractivity contribution >= 4 is 5.95 Å². The van der Waals surface area contributed by atoms with E-state index in [9.17, 15) is 0 Å². The predicted octanol–water partition coefficient (Wildman–Crippen LogP) is 4.22. The summed E-state index contributed by atoms with van der Waals surface area (Å²) in [6.45, 7) is 10.6. The molecule has 0 aliphatic heterocycles. The average Bonchev–Trinajstić information content (AvgIpc) is 2.42. The Morgan fingerprint density at radius 1 is 1.10 bits per heavy atom. The maximum Gasteiger partial charge on any atom is 0.226 e. The molecule has 0 bridgehead atoms. The molecule has 0 unspecified atom stereocenters. The van der Waals surface area contributed by atoms with Gasteiger partial charge in [0.2, 0.25) is 11.8 Å². The van der Waals surface area contributed by atoms with Crippen molar-refractivity contribution in [2.45, 2.75) is 40.0 Å². The van der Waals surface area contributed by atoms with Crippen LogP contribution in [0.4, 0.5) is 5.95 Å². The molecule has 2 aromatic rings. The van der Waals surface area contributed by atoms with Crippen molar-refractivity contribution in [3.8, 4) is 11.6 Å². The zero-order valence-corrected chi connectivity index (χ0v) is 13.6. The molecular formula is C17H23N3O. The van der Waals surface area contributed by atoms with Crippen molar-refractivity contribution in [3.05, 3.63) is 41.1 Å². The Kier molecular flexibility index (Phi) is 4.16. The minimum absolute atomic E-state index is 0.132. The van der Waals surface area contributed by atoms with Gasteiger partial charge in [0.1, 0.15) is 5.75 Å². The van der Waals surface area contributed by atoms with E-state index in [2.05, 4.69) is 55.1 Å². The third-order valence-electron chi connectivity index (χ3n) is 3.40. The largest absolute Gasteiger partial charge is 0.438 e. The molecule has 0 radical (unpaired) electrons. The van der Waals surface area contributed by atoms with Crippen LogP contribution in [0.5, 0.6) is 11.6 Å². The van der Waals surface area contributed by atoms with Crippen LogP contribution >= 0.6 is 0 Å². The van der Waals surface area contributed by atoms with E-state index in [4.69, 9.17) is 4.74 Å². The summed E-state index contributed by atoms with van der Waals surface area (Å²) in [7, 11) is 1.79. The average molecular weight is 285 g/mol. The van der Waals surface area contributed by atoms with Crippen LogP contribution in [-0.4, -0.2) is 17.0 Å². The van der Waals surface area contributed by atoms with Crippen LogP contribution in [0.25, 0.3) is 0 Å². The Hall–Kier alpha value is -2.10. The molecule has 0 saturated heterocycles. The highest BCUT2D eigenvalue weighted by Gasteiger charge is 2.15. The van der Waals surface area contributed by atoms with Gasteiger partial charge in [0, 0.05) is 18.8 Å². The molecule has 1 heterocycles. The summed E-state index contributed by atoms with van der Waals surface area (Å²) in [6.07, 6.45) is 1.76. The fourth-order valence-electron chi connectivity index (χ4n) is 1.98. The second-order valence-electron chi connectivity index (χ2n) is 6.26. The van der Waals surface area contributed by atoms with E-state index in [-0.39, 0.29) is 5.41 Å². The Morgan fingerprint density at radius 3 is 2.38 bits per heavy atom. The molecule has 0 amide bonds. The number of nitrogens with zero attached hydrogens (tertiary/aromatic N) is 2. The van der Waals surface area contributed by atoms with Gasteiger partial charge in [-0.1, -0.05) is 32.9 Å². The van der Waals surface area contributed by atoms with Crippen molar-refractivity contribution in [1.29, 1.82) is 0 Å². The van der Waals surface area contributed by atoms with E-state index in [1.165, 1.54) is 5.56 Å². The van der Waals surface area contributed by atoms with Crippen LogP contribution in [0.15, 0.2) is 24.4 Å². The van der Waals surface area contributed by atoms with Crippen molar-refractivity contribution in [1.82, 2.24) is 9.97 Å². The van der Waals surface area contributed by atoms with Gasteiger partial charge in [0.25, 0.3) is 0 Å². The molecule has 0 aliphatic rings.